The molecule has 2 amide bonds. The first-order chi connectivity index (χ1) is 15.3. The Labute approximate surface area is 189 Å². The van der Waals surface area contributed by atoms with Crippen molar-refractivity contribution in [1.82, 2.24) is 10.3 Å². The molecule has 32 heavy (non-hydrogen) atoms. The Morgan fingerprint density at radius 3 is 2.66 bits per heavy atom. The zero-order valence-corrected chi connectivity index (χ0v) is 18.6. The van der Waals surface area contributed by atoms with E-state index in [1.54, 1.807) is 39.1 Å². The van der Waals surface area contributed by atoms with Crippen molar-refractivity contribution in [2.75, 3.05) is 0 Å². The van der Waals surface area contributed by atoms with Gasteiger partial charge in [0.2, 0.25) is 0 Å². The van der Waals surface area contributed by atoms with Crippen LogP contribution in [-0.4, -0.2) is 27.8 Å². The zero-order valence-electron chi connectivity index (χ0n) is 17.8. The molecule has 1 N–H and O–H groups in total. The number of benzene rings is 2. The third kappa shape index (κ3) is 5.33. The molecule has 0 radical (unpaired) electrons. The molecule has 0 unspecified atom stereocenters. The van der Waals surface area contributed by atoms with E-state index in [2.05, 4.69) is 15.3 Å². The first kappa shape index (κ1) is 21.6. The summed E-state index contributed by atoms with van der Waals surface area (Å²) in [7, 11) is 0. The number of carbonyl (C=O) groups excluding carboxylic acids is 2. The summed E-state index contributed by atoms with van der Waals surface area (Å²) in [6.45, 7) is 5.25. The van der Waals surface area contributed by atoms with Crippen molar-refractivity contribution in [3.05, 3.63) is 71.3 Å². The van der Waals surface area contributed by atoms with Crippen molar-refractivity contribution in [3.63, 3.8) is 0 Å². The smallest absolute Gasteiger partial charge is 0.436 e. The standard InChI is InChI=1S/C24H21N3O4S/c1-24(2,3)31-23(29)27-22-26-21(28)20(32-22)14-15-9-10-18-17(13-15)19(11-12-25-18)30-16-7-5-4-6-8-16/h4-14H,1-3H3,(H,26,27,28,29). The highest BCUT2D eigenvalue weighted by Crippen LogP contribution is 2.31. The second-order valence-electron chi connectivity index (χ2n) is 7.96. The van der Waals surface area contributed by atoms with Crippen LogP contribution >= 0.6 is 11.8 Å². The molecular weight excluding hydrogens is 426 g/mol. The Kier molecular flexibility index (Phi) is 5.96. The van der Waals surface area contributed by atoms with Crippen LogP contribution in [-0.2, 0) is 9.53 Å². The lowest BCUT2D eigenvalue weighted by Crippen LogP contribution is -2.25. The number of aliphatic imine (C=N–C) groups is 1. The SMILES string of the molecule is CC(C)(C)OC(=O)N=C1NC(=O)C(=Cc2ccc3nccc(Oc4ccccc4)c3c2)S1. The Hall–Kier alpha value is -3.65. The van der Waals surface area contributed by atoms with Crippen LogP contribution in [0.1, 0.15) is 26.3 Å². The number of amides is 2. The first-order valence-electron chi connectivity index (χ1n) is 9.91. The van der Waals surface area contributed by atoms with Gasteiger partial charge in [0.1, 0.15) is 17.1 Å². The Bertz CT molecular complexity index is 1250. The third-order valence-electron chi connectivity index (χ3n) is 4.23. The normalized spacial score (nSPS) is 16.4. The van der Waals surface area contributed by atoms with Crippen LogP contribution in [0.15, 0.2) is 70.7 Å². The summed E-state index contributed by atoms with van der Waals surface area (Å²) >= 11 is 1.08. The largest absolute Gasteiger partial charge is 0.457 e. The fraction of sp³-hybridized carbons (Fsp3) is 0.167. The molecule has 7 nitrogen and oxygen atoms in total. The minimum Gasteiger partial charge on any atom is -0.457 e. The van der Waals surface area contributed by atoms with Gasteiger partial charge in [0.05, 0.1) is 10.4 Å². The number of para-hydroxylation sites is 1. The average molecular weight is 448 g/mol. The lowest BCUT2D eigenvalue weighted by atomic mass is 10.1. The molecule has 2 heterocycles. The number of amidine groups is 1. The average Bonchev–Trinajstić information content (AvgIpc) is 3.06. The van der Waals surface area contributed by atoms with Gasteiger partial charge >= 0.3 is 6.09 Å². The maximum absolute atomic E-state index is 12.4. The lowest BCUT2D eigenvalue weighted by molar-refractivity contribution is -0.115. The summed E-state index contributed by atoms with van der Waals surface area (Å²) in [4.78, 5) is 32.9. The number of nitrogens with one attached hydrogen (secondary N) is 1. The Morgan fingerprint density at radius 2 is 1.91 bits per heavy atom. The van der Waals surface area contributed by atoms with Crippen LogP contribution in [0.5, 0.6) is 11.5 Å². The number of aromatic nitrogens is 1. The van der Waals surface area contributed by atoms with E-state index < -0.39 is 11.7 Å². The van der Waals surface area contributed by atoms with Gasteiger partial charge in [-0.2, -0.15) is 4.99 Å². The molecule has 0 aliphatic carbocycles. The number of pyridine rings is 1. The molecule has 1 aliphatic heterocycles. The highest BCUT2D eigenvalue weighted by molar-refractivity contribution is 8.18. The number of nitrogens with zero attached hydrogens (tertiary/aromatic N) is 2. The predicted molar refractivity (Wildman–Crippen MR) is 126 cm³/mol. The van der Waals surface area contributed by atoms with E-state index in [0.717, 1.165) is 34.0 Å². The molecule has 8 heteroatoms. The van der Waals surface area contributed by atoms with Gasteiger partial charge in [-0.15, -0.1) is 0 Å². The third-order valence-corrected chi connectivity index (χ3v) is 5.14. The van der Waals surface area contributed by atoms with Crippen LogP contribution in [0.25, 0.3) is 17.0 Å². The summed E-state index contributed by atoms with van der Waals surface area (Å²) in [5, 5.41) is 3.59. The van der Waals surface area contributed by atoms with E-state index in [4.69, 9.17) is 9.47 Å². The molecule has 4 rings (SSSR count). The summed E-state index contributed by atoms with van der Waals surface area (Å²) in [5.41, 5.74) is 0.905. The van der Waals surface area contributed by atoms with Crippen molar-refractivity contribution < 1.29 is 19.1 Å². The first-order valence-corrected chi connectivity index (χ1v) is 10.7. The molecule has 2 aromatic carbocycles. The van der Waals surface area contributed by atoms with Gasteiger partial charge in [0.15, 0.2) is 5.17 Å². The van der Waals surface area contributed by atoms with Crippen LogP contribution in [0.4, 0.5) is 4.79 Å². The molecule has 1 saturated heterocycles. The highest BCUT2D eigenvalue weighted by Gasteiger charge is 2.26. The van der Waals surface area contributed by atoms with E-state index in [0.29, 0.717) is 10.7 Å². The van der Waals surface area contributed by atoms with Crippen LogP contribution in [0.2, 0.25) is 0 Å². The molecule has 162 valence electrons. The van der Waals surface area contributed by atoms with Gasteiger partial charge in [-0.05, 0) is 74.5 Å². The second-order valence-corrected chi connectivity index (χ2v) is 8.99. The summed E-state index contributed by atoms with van der Waals surface area (Å²) < 4.78 is 11.2. The number of rotatable bonds is 3. The van der Waals surface area contributed by atoms with Crippen LogP contribution in [0.3, 0.4) is 0 Å². The molecule has 3 aromatic rings. The number of carbonyl (C=O) groups is 2. The number of hydrogen-bond acceptors (Lipinski definition) is 6. The molecule has 0 atom stereocenters. The van der Waals surface area contributed by atoms with E-state index >= 15 is 0 Å². The summed E-state index contributed by atoms with van der Waals surface area (Å²) in [6, 6.07) is 16.9. The topological polar surface area (TPSA) is 89.9 Å². The van der Waals surface area contributed by atoms with Gasteiger partial charge in [0.25, 0.3) is 5.91 Å². The van der Waals surface area contributed by atoms with Gasteiger partial charge in [-0.3, -0.25) is 9.78 Å². The molecule has 0 saturated carbocycles. The van der Waals surface area contributed by atoms with Crippen molar-refractivity contribution in [3.8, 4) is 11.5 Å². The van der Waals surface area contributed by atoms with Gasteiger partial charge in [-0.25, -0.2) is 4.79 Å². The molecular formula is C24H21N3O4S. The Balaban J connectivity index is 1.59. The number of ether oxygens (including phenoxy) is 2. The maximum Gasteiger partial charge on any atom is 0.436 e. The van der Waals surface area contributed by atoms with Crippen LogP contribution in [0, 0.1) is 0 Å². The maximum atomic E-state index is 12.4. The van der Waals surface area contributed by atoms with Crippen molar-refractivity contribution in [2.45, 2.75) is 26.4 Å². The summed E-state index contributed by atoms with van der Waals surface area (Å²) in [6.07, 6.45) is 2.68. The molecule has 1 fully saturated rings. The second kappa shape index (κ2) is 8.84. The quantitative estimate of drug-likeness (QED) is 0.532. The fourth-order valence-corrected chi connectivity index (χ4v) is 3.74. The van der Waals surface area contributed by atoms with E-state index in [9.17, 15) is 9.59 Å². The van der Waals surface area contributed by atoms with Crippen LogP contribution < -0.4 is 10.1 Å². The zero-order chi connectivity index (χ0) is 22.7. The van der Waals surface area contributed by atoms with Crippen molar-refractivity contribution in [1.29, 1.82) is 0 Å². The van der Waals surface area contributed by atoms with Gasteiger partial charge in [0, 0.05) is 11.6 Å². The molecule has 0 spiro atoms. The van der Waals surface area contributed by atoms with Gasteiger partial charge < -0.3 is 14.8 Å². The number of hydrogen-bond donors (Lipinski definition) is 1. The fourth-order valence-electron chi connectivity index (χ4n) is 2.93. The van der Waals surface area contributed by atoms with Gasteiger partial charge in [-0.1, -0.05) is 24.3 Å². The van der Waals surface area contributed by atoms with E-state index in [1.807, 2.05) is 48.5 Å². The minimum atomic E-state index is -0.749. The van der Waals surface area contributed by atoms with Crippen molar-refractivity contribution >= 4 is 45.9 Å². The predicted octanol–water partition coefficient (Wildman–Crippen LogP) is 5.52. The monoisotopic (exact) mass is 447 g/mol. The lowest BCUT2D eigenvalue weighted by Gasteiger charge is -2.17. The molecule has 1 aromatic heterocycles. The summed E-state index contributed by atoms with van der Waals surface area (Å²) in [5.74, 6) is 1.05. The van der Waals surface area contributed by atoms with Crippen molar-refractivity contribution in [2.24, 2.45) is 4.99 Å². The van der Waals surface area contributed by atoms with E-state index in [-0.39, 0.29) is 11.1 Å². The molecule has 0 bridgehead atoms. The highest BCUT2D eigenvalue weighted by atomic mass is 32.2. The number of fused-ring (bicyclic) bond motifs is 1. The van der Waals surface area contributed by atoms with E-state index in [1.165, 1.54) is 0 Å². The number of thioether (sulfide) groups is 1. The Morgan fingerprint density at radius 1 is 1.12 bits per heavy atom. The minimum absolute atomic E-state index is 0.186. The molecule has 1 aliphatic rings.